The average Bonchev–Trinajstić information content (AvgIpc) is 3.01. The van der Waals surface area contributed by atoms with Crippen LogP contribution in [0.5, 0.6) is 0 Å². The molecule has 0 fully saturated rings. The molecule has 0 N–H and O–H groups in total. The largest absolute Gasteiger partial charge is 2.00 e. The van der Waals surface area contributed by atoms with Crippen LogP contribution in [0.2, 0.25) is 0 Å². The van der Waals surface area contributed by atoms with Gasteiger partial charge in [-0.3, -0.25) is 8.78 Å². The average molecular weight is 741 g/mol. The summed E-state index contributed by atoms with van der Waals surface area (Å²) in [5, 5.41) is 2.75. The number of hydrogen-bond donors (Lipinski definition) is 0. The van der Waals surface area contributed by atoms with Crippen molar-refractivity contribution in [1.82, 2.24) is 9.97 Å². The Morgan fingerprint density at radius 2 is 1.22 bits per heavy atom. The molecule has 6 rings (SSSR count). The van der Waals surface area contributed by atoms with Crippen LogP contribution in [0.3, 0.4) is 0 Å². The molecular formula is C35H28F2N2PPt+. The Morgan fingerprint density at radius 3 is 1.68 bits per heavy atom. The number of halogens is 2. The van der Waals surface area contributed by atoms with Gasteiger partial charge >= 0.3 is 21.1 Å². The molecule has 0 saturated heterocycles. The summed E-state index contributed by atoms with van der Waals surface area (Å²) in [7, 11) is -0.988. The fraction of sp³-hybridized carbons (Fsp3) is 0.0286. The Kier molecular flexibility index (Phi) is 13.2. The second-order valence-electron chi connectivity index (χ2n) is 8.66. The van der Waals surface area contributed by atoms with E-state index in [4.69, 9.17) is 0 Å². The smallest absolute Gasteiger partial charge is 0.305 e. The van der Waals surface area contributed by atoms with Crippen molar-refractivity contribution in [1.29, 1.82) is 0 Å². The van der Waals surface area contributed by atoms with Gasteiger partial charge in [0.15, 0.2) is 5.44 Å². The molecule has 2 aromatic heterocycles. The van der Waals surface area contributed by atoms with E-state index in [1.54, 1.807) is 24.4 Å². The third-order valence-electron chi connectivity index (χ3n) is 5.71. The molecule has 2 nitrogen and oxygen atoms in total. The molecule has 0 spiro atoms. The Hall–Kier alpha value is -3.84. The zero-order chi connectivity index (χ0) is 28.0. The summed E-state index contributed by atoms with van der Waals surface area (Å²) in [6, 6.07) is 47.9. The monoisotopic (exact) mass is 740 g/mol. The van der Waals surface area contributed by atoms with Crippen LogP contribution in [0.1, 0.15) is 5.56 Å². The van der Waals surface area contributed by atoms with Gasteiger partial charge in [0.2, 0.25) is 0 Å². The van der Waals surface area contributed by atoms with E-state index in [-0.39, 0.29) is 26.6 Å². The minimum absolute atomic E-state index is 0. The summed E-state index contributed by atoms with van der Waals surface area (Å²) >= 11 is 0. The Morgan fingerprint density at radius 1 is 0.659 bits per heavy atom. The maximum absolute atomic E-state index is 13.2. The summed E-state index contributed by atoms with van der Waals surface area (Å²) in [5.74, 6) is -1.29. The van der Waals surface area contributed by atoms with Gasteiger partial charge in [-0.1, -0.05) is 73.2 Å². The third-order valence-corrected chi connectivity index (χ3v) is 8.34. The van der Waals surface area contributed by atoms with E-state index in [0.29, 0.717) is 5.69 Å². The van der Waals surface area contributed by atoms with Crippen LogP contribution in [-0.2, 0) is 21.1 Å². The zero-order valence-electron chi connectivity index (χ0n) is 22.3. The molecule has 0 aliphatic heterocycles. The first kappa shape index (κ1) is 31.7. The molecule has 41 heavy (non-hydrogen) atoms. The van der Waals surface area contributed by atoms with E-state index in [1.807, 2.05) is 36.5 Å². The predicted octanol–water partition coefficient (Wildman–Crippen LogP) is 7.19. The number of nitrogens with zero attached hydrogens (tertiary/aromatic N) is 2. The molecule has 0 unspecified atom stereocenters. The van der Waals surface area contributed by atoms with E-state index in [2.05, 4.69) is 102 Å². The van der Waals surface area contributed by atoms with Crippen molar-refractivity contribution in [3.05, 3.63) is 175 Å². The molecule has 0 amide bonds. The molecule has 6 aromatic rings. The standard InChI is InChI=1S/C17H14NP.C11H6F2N.C7H7.Pt/c1-3-9-15(10-4-1)19(16-11-5-2-6-12-16)17-13-7-8-14-18-17;12-8-4-5-9(10(13)7-8)11-3-1-2-6-14-11;1-7-5-3-2-4-6-7;/h1-14H;1-4,6-7H;3-6H,1H3;/q;2*-1;+2/p+1. The first-order valence-electron chi connectivity index (χ1n) is 12.7. The van der Waals surface area contributed by atoms with Crippen molar-refractivity contribution >= 4 is 24.0 Å². The topological polar surface area (TPSA) is 25.8 Å². The molecule has 0 aliphatic rings. The molecule has 0 saturated carbocycles. The van der Waals surface area contributed by atoms with Crippen molar-refractivity contribution in [2.75, 3.05) is 0 Å². The van der Waals surface area contributed by atoms with Gasteiger partial charge in [0, 0.05) is 30.1 Å². The van der Waals surface area contributed by atoms with Crippen molar-refractivity contribution in [2.24, 2.45) is 0 Å². The van der Waals surface area contributed by atoms with Crippen LogP contribution in [0.4, 0.5) is 8.78 Å². The quantitative estimate of drug-likeness (QED) is 0.141. The Bertz CT molecular complexity index is 1460. The van der Waals surface area contributed by atoms with Gasteiger partial charge in [-0.2, -0.15) is 35.9 Å². The molecule has 0 aliphatic carbocycles. The third kappa shape index (κ3) is 9.94. The second kappa shape index (κ2) is 17.1. The van der Waals surface area contributed by atoms with Crippen molar-refractivity contribution in [3.8, 4) is 11.3 Å². The van der Waals surface area contributed by atoms with Crippen molar-refractivity contribution in [2.45, 2.75) is 6.92 Å². The van der Waals surface area contributed by atoms with E-state index in [0.717, 1.165) is 12.1 Å². The molecule has 206 valence electrons. The zero-order valence-corrected chi connectivity index (χ0v) is 25.6. The Labute approximate surface area is 256 Å². The molecule has 0 atom stereocenters. The second-order valence-corrected chi connectivity index (χ2v) is 11.1. The van der Waals surface area contributed by atoms with Gasteiger partial charge in [-0.05, 0) is 42.1 Å². The SMILES string of the molecule is Cc1cc[c-]cc1.Fc1c[c-]c(-c2ccccn2)c(F)c1.[Pt+2].c1ccc([PH+](c2ccccc2)c2ccccn2)cc1. The molecule has 6 heteroatoms. The van der Waals surface area contributed by atoms with Gasteiger partial charge < -0.3 is 4.98 Å². The number of aryl methyl sites for hydroxylation is 1. The number of aromatic nitrogens is 2. The number of hydrogen-bond acceptors (Lipinski definition) is 2. The van der Waals surface area contributed by atoms with Gasteiger partial charge in [0.1, 0.15) is 18.5 Å². The van der Waals surface area contributed by atoms with Crippen LogP contribution in [-0.4, -0.2) is 9.97 Å². The van der Waals surface area contributed by atoms with Gasteiger partial charge in [-0.25, -0.2) is 4.98 Å². The maximum atomic E-state index is 13.2. The number of pyridine rings is 2. The number of benzene rings is 4. The minimum Gasteiger partial charge on any atom is -0.305 e. The summed E-state index contributed by atoms with van der Waals surface area (Å²) < 4.78 is 25.8. The van der Waals surface area contributed by atoms with Gasteiger partial charge in [0.05, 0.1) is 0 Å². The van der Waals surface area contributed by atoms with E-state index in [9.17, 15) is 8.78 Å². The maximum Gasteiger partial charge on any atom is 2.00 e. The molecule has 4 aromatic carbocycles. The fourth-order valence-corrected chi connectivity index (χ4v) is 6.25. The molecule has 2 heterocycles. The summed E-state index contributed by atoms with van der Waals surface area (Å²) in [6.07, 6.45) is 3.43. The molecule has 0 bridgehead atoms. The van der Waals surface area contributed by atoms with E-state index in [1.165, 1.54) is 21.6 Å². The Balaban J connectivity index is 0.000000184. The summed E-state index contributed by atoms with van der Waals surface area (Å²) in [6.45, 7) is 2.06. The molecule has 0 radical (unpaired) electrons. The van der Waals surface area contributed by atoms with Gasteiger partial charge in [0.25, 0.3) is 0 Å². The van der Waals surface area contributed by atoms with Crippen LogP contribution >= 0.6 is 7.92 Å². The van der Waals surface area contributed by atoms with Crippen molar-refractivity contribution < 1.29 is 29.8 Å². The minimum atomic E-state index is -0.988. The molecular weight excluding hydrogens is 712 g/mol. The normalized spacial score (nSPS) is 9.85. The van der Waals surface area contributed by atoms with Crippen LogP contribution in [0.15, 0.2) is 146 Å². The first-order chi connectivity index (χ1) is 19.6. The first-order valence-corrected chi connectivity index (χ1v) is 14.2. The van der Waals surface area contributed by atoms with Crippen LogP contribution in [0.25, 0.3) is 11.3 Å². The summed E-state index contributed by atoms with van der Waals surface area (Å²) in [4.78, 5) is 8.52. The summed E-state index contributed by atoms with van der Waals surface area (Å²) in [5.41, 5.74) is 3.11. The van der Waals surface area contributed by atoms with Crippen LogP contribution < -0.4 is 16.0 Å². The predicted molar refractivity (Wildman–Crippen MR) is 163 cm³/mol. The van der Waals surface area contributed by atoms with Crippen LogP contribution in [0, 0.1) is 30.7 Å². The van der Waals surface area contributed by atoms with Gasteiger partial charge in [-0.15, -0.1) is 12.1 Å². The van der Waals surface area contributed by atoms with Crippen molar-refractivity contribution in [3.63, 3.8) is 0 Å². The fourth-order valence-electron chi connectivity index (χ4n) is 3.80. The van der Waals surface area contributed by atoms with E-state index >= 15 is 0 Å². The van der Waals surface area contributed by atoms with E-state index < -0.39 is 19.6 Å². The number of rotatable bonds is 4.